The van der Waals surface area contributed by atoms with E-state index in [1.165, 1.54) is 12.1 Å². The maximum absolute atomic E-state index is 12.7. The van der Waals surface area contributed by atoms with Crippen molar-refractivity contribution in [3.8, 4) is 22.5 Å². The number of aryl methyl sites for hydroxylation is 1. The molecule has 0 spiro atoms. The van der Waals surface area contributed by atoms with E-state index in [0.717, 1.165) is 23.3 Å². The van der Waals surface area contributed by atoms with E-state index >= 15 is 0 Å². The summed E-state index contributed by atoms with van der Waals surface area (Å²) in [6, 6.07) is 12.3. The Kier molecular flexibility index (Phi) is 5.69. The van der Waals surface area contributed by atoms with Gasteiger partial charge < -0.3 is 16.4 Å². The number of benzene rings is 2. The molecule has 8 nitrogen and oxygen atoms in total. The first-order chi connectivity index (χ1) is 15.7. The number of carbonyl (C=O) groups is 1. The molecule has 0 atom stereocenters. The number of nitrogens with two attached hydrogens (primary N) is 1. The van der Waals surface area contributed by atoms with Crippen LogP contribution in [0.4, 0.5) is 35.3 Å². The largest absolute Gasteiger partial charge is 0.416 e. The molecule has 0 saturated carbocycles. The Labute approximate surface area is 186 Å². The summed E-state index contributed by atoms with van der Waals surface area (Å²) in [7, 11) is 1.77. The lowest BCUT2D eigenvalue weighted by Gasteiger charge is -2.11. The molecule has 4 aromatic rings. The van der Waals surface area contributed by atoms with Gasteiger partial charge in [0.15, 0.2) is 0 Å². The summed E-state index contributed by atoms with van der Waals surface area (Å²) >= 11 is 0. The number of halogens is 3. The number of nitrogens with zero attached hydrogens (tertiary/aromatic N) is 4. The van der Waals surface area contributed by atoms with Gasteiger partial charge >= 0.3 is 12.2 Å². The predicted molar refractivity (Wildman–Crippen MR) is 118 cm³/mol. The molecule has 0 radical (unpaired) electrons. The fourth-order valence-electron chi connectivity index (χ4n) is 3.20. The first kappa shape index (κ1) is 21.8. The highest BCUT2D eigenvalue weighted by Crippen LogP contribution is 2.32. The molecule has 2 heterocycles. The van der Waals surface area contributed by atoms with Crippen molar-refractivity contribution in [1.29, 1.82) is 0 Å². The lowest BCUT2D eigenvalue weighted by atomic mass is 10.0. The van der Waals surface area contributed by atoms with Crippen LogP contribution in [0.1, 0.15) is 5.56 Å². The second kappa shape index (κ2) is 8.61. The summed E-state index contributed by atoms with van der Waals surface area (Å²) in [5.74, 6) is 0.124. The van der Waals surface area contributed by atoms with Crippen molar-refractivity contribution in [3.05, 3.63) is 72.6 Å². The number of hydrogen-bond acceptors (Lipinski definition) is 5. The molecule has 4 rings (SSSR count). The molecule has 0 unspecified atom stereocenters. The molecule has 2 aromatic heterocycles. The van der Waals surface area contributed by atoms with Gasteiger partial charge in [-0.05, 0) is 48.0 Å². The van der Waals surface area contributed by atoms with Gasteiger partial charge in [0.05, 0.1) is 11.3 Å². The fraction of sp³-hybridized carbons (Fsp3) is 0.0909. The second-order valence-electron chi connectivity index (χ2n) is 7.10. The Morgan fingerprint density at radius 1 is 1.03 bits per heavy atom. The first-order valence-corrected chi connectivity index (χ1v) is 9.67. The van der Waals surface area contributed by atoms with Crippen LogP contribution < -0.4 is 16.4 Å². The summed E-state index contributed by atoms with van der Waals surface area (Å²) in [5, 5.41) is 9.65. The molecule has 4 N–H and O–H groups in total. The van der Waals surface area contributed by atoms with Crippen LogP contribution in [0.25, 0.3) is 22.5 Å². The number of rotatable bonds is 4. The lowest BCUT2D eigenvalue weighted by molar-refractivity contribution is -0.137. The minimum atomic E-state index is -4.44. The summed E-state index contributed by atoms with van der Waals surface area (Å²) in [4.78, 5) is 20.5. The molecule has 0 aliphatic heterocycles. The van der Waals surface area contributed by atoms with Crippen molar-refractivity contribution in [1.82, 2.24) is 19.7 Å². The van der Waals surface area contributed by atoms with Crippen molar-refractivity contribution in [2.75, 3.05) is 16.4 Å². The number of nitrogens with one attached hydrogen (secondary N) is 2. The zero-order valence-corrected chi connectivity index (χ0v) is 17.3. The maximum atomic E-state index is 12.7. The highest BCUT2D eigenvalue weighted by Gasteiger charge is 2.30. The Morgan fingerprint density at radius 3 is 2.45 bits per heavy atom. The average Bonchev–Trinajstić information content (AvgIpc) is 3.15. The first-order valence-electron chi connectivity index (χ1n) is 9.67. The van der Waals surface area contributed by atoms with E-state index in [4.69, 9.17) is 5.73 Å². The van der Waals surface area contributed by atoms with Gasteiger partial charge in [0, 0.05) is 36.4 Å². The fourth-order valence-corrected chi connectivity index (χ4v) is 3.20. The third-order valence-corrected chi connectivity index (χ3v) is 4.65. The van der Waals surface area contributed by atoms with Gasteiger partial charge in [-0.25, -0.2) is 14.8 Å². The molecule has 33 heavy (non-hydrogen) atoms. The molecule has 2 aromatic carbocycles. The van der Waals surface area contributed by atoms with E-state index < -0.39 is 17.8 Å². The second-order valence-corrected chi connectivity index (χ2v) is 7.10. The number of alkyl halides is 3. The van der Waals surface area contributed by atoms with Crippen molar-refractivity contribution in [2.45, 2.75) is 6.18 Å². The molecule has 0 aliphatic rings. The molecular formula is C22H18F3N7O. The van der Waals surface area contributed by atoms with Gasteiger partial charge in [0.2, 0.25) is 5.95 Å². The summed E-state index contributed by atoms with van der Waals surface area (Å²) in [6.07, 6.45) is -1.08. The Bertz CT molecular complexity index is 1300. The van der Waals surface area contributed by atoms with Crippen LogP contribution in [0.5, 0.6) is 0 Å². The van der Waals surface area contributed by atoms with Crippen LogP contribution in [-0.2, 0) is 13.2 Å². The smallest absolute Gasteiger partial charge is 0.368 e. The monoisotopic (exact) mass is 453 g/mol. The molecule has 168 valence electrons. The van der Waals surface area contributed by atoms with E-state index in [2.05, 4.69) is 25.7 Å². The third-order valence-electron chi connectivity index (χ3n) is 4.65. The standard InChI is InChI=1S/C22H18F3N7O/c1-32-12-17(19(31-32)18-9-10-27-20(26)30-18)13-3-2-4-16(11-13)29-21(33)28-15-7-5-14(6-8-15)22(23,24)25/h2-12H,1H3,(H2,26,27,30)(H2,28,29,33). The highest BCUT2D eigenvalue weighted by molar-refractivity contribution is 6.00. The van der Waals surface area contributed by atoms with Crippen LogP contribution in [-0.4, -0.2) is 25.8 Å². The number of nitrogen functional groups attached to an aromatic ring is 1. The minimum Gasteiger partial charge on any atom is -0.368 e. The quantitative estimate of drug-likeness (QED) is 0.412. The van der Waals surface area contributed by atoms with Crippen LogP contribution >= 0.6 is 0 Å². The molecule has 0 aliphatic carbocycles. The van der Waals surface area contributed by atoms with E-state index in [1.807, 2.05) is 12.3 Å². The molecule has 0 fully saturated rings. The van der Waals surface area contributed by atoms with Crippen LogP contribution in [0, 0.1) is 0 Å². The Hall–Kier alpha value is -4.41. The van der Waals surface area contributed by atoms with Crippen molar-refractivity contribution in [3.63, 3.8) is 0 Å². The van der Waals surface area contributed by atoms with Crippen LogP contribution in [0.15, 0.2) is 67.0 Å². The van der Waals surface area contributed by atoms with E-state index in [1.54, 1.807) is 42.2 Å². The molecular weight excluding hydrogens is 435 g/mol. The summed E-state index contributed by atoms with van der Waals surface area (Å²) in [6.45, 7) is 0. The number of aromatic nitrogens is 4. The van der Waals surface area contributed by atoms with Crippen LogP contribution in [0.3, 0.4) is 0 Å². The molecule has 0 bridgehead atoms. The SMILES string of the molecule is Cn1cc(-c2cccc(NC(=O)Nc3ccc(C(F)(F)F)cc3)c2)c(-c2ccnc(N)n2)n1. The normalized spacial score (nSPS) is 11.3. The molecule has 2 amide bonds. The zero-order chi connectivity index (χ0) is 23.6. The Balaban J connectivity index is 1.53. The lowest BCUT2D eigenvalue weighted by Crippen LogP contribution is -2.19. The topological polar surface area (TPSA) is 111 Å². The van der Waals surface area contributed by atoms with Gasteiger partial charge in [-0.1, -0.05) is 12.1 Å². The number of anilines is 3. The van der Waals surface area contributed by atoms with Gasteiger partial charge in [-0.3, -0.25) is 4.68 Å². The van der Waals surface area contributed by atoms with Crippen LogP contribution in [0.2, 0.25) is 0 Å². The maximum Gasteiger partial charge on any atom is 0.416 e. The van der Waals surface area contributed by atoms with Gasteiger partial charge in [-0.2, -0.15) is 18.3 Å². The molecule has 11 heteroatoms. The minimum absolute atomic E-state index is 0.124. The highest BCUT2D eigenvalue weighted by atomic mass is 19.4. The number of carbonyl (C=O) groups excluding carboxylic acids is 1. The zero-order valence-electron chi connectivity index (χ0n) is 17.3. The van der Waals surface area contributed by atoms with Gasteiger partial charge in [0.25, 0.3) is 0 Å². The summed E-state index contributed by atoms with van der Waals surface area (Å²) < 4.78 is 39.7. The number of amides is 2. The third kappa shape index (κ3) is 5.09. The van der Waals surface area contributed by atoms with Gasteiger partial charge in [-0.15, -0.1) is 0 Å². The van der Waals surface area contributed by atoms with Crippen molar-refractivity contribution < 1.29 is 18.0 Å². The van der Waals surface area contributed by atoms with Crippen molar-refractivity contribution in [2.24, 2.45) is 7.05 Å². The van der Waals surface area contributed by atoms with E-state index in [9.17, 15) is 18.0 Å². The number of hydrogen-bond donors (Lipinski definition) is 3. The van der Waals surface area contributed by atoms with E-state index in [0.29, 0.717) is 17.1 Å². The average molecular weight is 453 g/mol. The Morgan fingerprint density at radius 2 is 1.76 bits per heavy atom. The van der Waals surface area contributed by atoms with Crippen molar-refractivity contribution >= 4 is 23.4 Å². The van der Waals surface area contributed by atoms with Gasteiger partial charge in [0.1, 0.15) is 5.69 Å². The number of urea groups is 1. The van der Waals surface area contributed by atoms with E-state index in [-0.39, 0.29) is 11.6 Å². The summed E-state index contributed by atoms with van der Waals surface area (Å²) in [5.41, 5.74) is 8.29. The molecule has 0 saturated heterocycles. The predicted octanol–water partition coefficient (Wildman–Crippen LogP) is 4.79.